The summed E-state index contributed by atoms with van der Waals surface area (Å²) < 4.78 is 5.28. The van der Waals surface area contributed by atoms with Crippen LogP contribution in [0.25, 0.3) is 0 Å². The summed E-state index contributed by atoms with van der Waals surface area (Å²) in [4.78, 5) is 24.0. The number of carbonyl (C=O) groups excluding carboxylic acids is 2. The average Bonchev–Trinajstić information content (AvgIpc) is 2.44. The van der Waals surface area contributed by atoms with E-state index in [9.17, 15) is 14.7 Å². The fourth-order valence-corrected chi connectivity index (χ4v) is 2.30. The van der Waals surface area contributed by atoms with Gasteiger partial charge in [-0.2, -0.15) is 0 Å². The summed E-state index contributed by atoms with van der Waals surface area (Å²) in [6.07, 6.45) is 0. The molecule has 1 aromatic rings. The molecule has 1 aromatic carbocycles. The number of nitrogens with one attached hydrogen (secondary N) is 2. The summed E-state index contributed by atoms with van der Waals surface area (Å²) in [5.74, 6) is -0.939. The zero-order chi connectivity index (χ0) is 16.3. The first-order valence-electron chi connectivity index (χ1n) is 7.10. The van der Waals surface area contributed by atoms with Crippen LogP contribution in [0.5, 0.6) is 5.75 Å². The summed E-state index contributed by atoms with van der Waals surface area (Å²) >= 11 is 0. The van der Waals surface area contributed by atoms with Crippen molar-refractivity contribution in [2.45, 2.75) is 19.9 Å². The number of hydrogen-bond acceptors (Lipinski definition) is 4. The smallest absolute Gasteiger partial charge is 0.319 e. The van der Waals surface area contributed by atoms with Gasteiger partial charge < -0.3 is 20.5 Å². The summed E-state index contributed by atoms with van der Waals surface area (Å²) in [5.41, 5.74) is 0.897. The number of phenols is 1. The SMILES string of the molecule is C=C1NC(=O)NC(c2cccc(O)c2)C1C(=O)OCC(C)C. The minimum Gasteiger partial charge on any atom is -0.508 e. The number of rotatable bonds is 4. The van der Waals surface area contributed by atoms with Gasteiger partial charge in [0.05, 0.1) is 12.6 Å². The molecule has 2 unspecified atom stereocenters. The molecular weight excluding hydrogens is 284 g/mol. The molecule has 3 N–H and O–H groups in total. The molecule has 0 aromatic heterocycles. The van der Waals surface area contributed by atoms with Gasteiger partial charge in [-0.05, 0) is 23.6 Å². The predicted octanol–water partition coefficient (Wildman–Crippen LogP) is 2.08. The Bertz CT molecular complexity index is 598. The van der Waals surface area contributed by atoms with Crippen LogP contribution in [-0.4, -0.2) is 23.7 Å². The molecule has 0 bridgehead atoms. The Morgan fingerprint density at radius 1 is 1.45 bits per heavy atom. The van der Waals surface area contributed by atoms with Crippen molar-refractivity contribution in [3.05, 3.63) is 42.1 Å². The van der Waals surface area contributed by atoms with E-state index in [1.807, 2.05) is 13.8 Å². The third-order valence-corrected chi connectivity index (χ3v) is 3.31. The maximum atomic E-state index is 12.4. The highest BCUT2D eigenvalue weighted by molar-refractivity contribution is 5.85. The Morgan fingerprint density at radius 3 is 2.82 bits per heavy atom. The van der Waals surface area contributed by atoms with Crippen LogP contribution < -0.4 is 10.6 Å². The number of phenolic OH excluding ortho intramolecular Hbond substituents is 1. The molecule has 1 fully saturated rings. The quantitative estimate of drug-likeness (QED) is 0.743. The van der Waals surface area contributed by atoms with Gasteiger partial charge in [0.25, 0.3) is 0 Å². The lowest BCUT2D eigenvalue weighted by molar-refractivity contribution is -0.149. The van der Waals surface area contributed by atoms with E-state index in [2.05, 4.69) is 17.2 Å². The van der Waals surface area contributed by atoms with Crippen molar-refractivity contribution in [1.82, 2.24) is 10.6 Å². The van der Waals surface area contributed by atoms with Crippen LogP contribution in [0.1, 0.15) is 25.5 Å². The second-order valence-electron chi connectivity index (χ2n) is 5.70. The first-order valence-corrected chi connectivity index (χ1v) is 7.10. The van der Waals surface area contributed by atoms with E-state index in [-0.39, 0.29) is 17.4 Å². The second-order valence-corrected chi connectivity index (χ2v) is 5.70. The lowest BCUT2D eigenvalue weighted by atomic mass is 9.89. The Balaban J connectivity index is 2.27. The molecule has 0 aliphatic carbocycles. The number of benzene rings is 1. The van der Waals surface area contributed by atoms with Gasteiger partial charge in [0, 0.05) is 5.70 Å². The number of esters is 1. The molecule has 6 nitrogen and oxygen atoms in total. The molecule has 0 radical (unpaired) electrons. The van der Waals surface area contributed by atoms with Crippen LogP contribution in [0.15, 0.2) is 36.5 Å². The van der Waals surface area contributed by atoms with Gasteiger partial charge in [-0.3, -0.25) is 4.79 Å². The predicted molar refractivity (Wildman–Crippen MR) is 80.9 cm³/mol. The molecule has 2 amide bonds. The monoisotopic (exact) mass is 304 g/mol. The molecule has 118 valence electrons. The van der Waals surface area contributed by atoms with Crippen molar-refractivity contribution in [3.8, 4) is 5.75 Å². The van der Waals surface area contributed by atoms with Crippen LogP contribution in [0.4, 0.5) is 4.79 Å². The van der Waals surface area contributed by atoms with Crippen LogP contribution in [-0.2, 0) is 9.53 Å². The van der Waals surface area contributed by atoms with Crippen LogP contribution >= 0.6 is 0 Å². The van der Waals surface area contributed by atoms with Gasteiger partial charge in [0.1, 0.15) is 11.7 Å². The van der Waals surface area contributed by atoms with Crippen molar-refractivity contribution in [2.75, 3.05) is 6.61 Å². The molecule has 0 spiro atoms. The summed E-state index contributed by atoms with van der Waals surface area (Å²) in [5, 5.41) is 14.8. The molecule has 2 atom stereocenters. The summed E-state index contributed by atoms with van der Waals surface area (Å²) in [6, 6.07) is 5.34. The van der Waals surface area contributed by atoms with Crippen LogP contribution in [0, 0.1) is 11.8 Å². The van der Waals surface area contributed by atoms with Gasteiger partial charge in [-0.1, -0.05) is 32.6 Å². The molecule has 22 heavy (non-hydrogen) atoms. The van der Waals surface area contributed by atoms with E-state index in [4.69, 9.17) is 4.74 Å². The molecule has 1 heterocycles. The third kappa shape index (κ3) is 3.58. The first-order chi connectivity index (χ1) is 10.4. The standard InChI is InChI=1S/C16H20N2O4/c1-9(2)8-22-15(20)13-10(3)17-16(21)18-14(13)11-5-4-6-12(19)7-11/h4-7,9,13-14,19H,3,8H2,1-2H3,(H2,17,18,21). The highest BCUT2D eigenvalue weighted by Crippen LogP contribution is 2.31. The molecule has 0 saturated carbocycles. The van der Waals surface area contributed by atoms with Gasteiger partial charge in [0.2, 0.25) is 0 Å². The van der Waals surface area contributed by atoms with E-state index < -0.39 is 24.0 Å². The lowest BCUT2D eigenvalue weighted by Gasteiger charge is -2.33. The fourth-order valence-electron chi connectivity index (χ4n) is 2.30. The Kier molecular flexibility index (Phi) is 4.70. The van der Waals surface area contributed by atoms with Gasteiger partial charge in [-0.15, -0.1) is 0 Å². The molecular formula is C16H20N2O4. The van der Waals surface area contributed by atoms with Gasteiger partial charge in [0.15, 0.2) is 0 Å². The lowest BCUT2D eigenvalue weighted by Crippen LogP contribution is -2.51. The van der Waals surface area contributed by atoms with E-state index in [0.717, 1.165) is 0 Å². The topological polar surface area (TPSA) is 87.7 Å². The largest absolute Gasteiger partial charge is 0.508 e. The Hall–Kier alpha value is -2.50. The summed E-state index contributed by atoms with van der Waals surface area (Å²) in [7, 11) is 0. The molecule has 1 aliphatic rings. The maximum Gasteiger partial charge on any atom is 0.319 e. The summed E-state index contributed by atoms with van der Waals surface area (Å²) in [6.45, 7) is 7.93. The minimum atomic E-state index is -0.752. The number of aromatic hydroxyl groups is 1. The number of amides is 2. The highest BCUT2D eigenvalue weighted by Gasteiger charge is 2.39. The minimum absolute atomic E-state index is 0.0604. The first kappa shape index (κ1) is 15.9. The van der Waals surface area contributed by atoms with Crippen molar-refractivity contribution >= 4 is 12.0 Å². The van der Waals surface area contributed by atoms with Crippen molar-refractivity contribution in [1.29, 1.82) is 0 Å². The zero-order valence-electron chi connectivity index (χ0n) is 12.6. The van der Waals surface area contributed by atoms with Gasteiger partial charge in [-0.25, -0.2) is 4.79 Å². The molecule has 1 saturated heterocycles. The van der Waals surface area contributed by atoms with E-state index >= 15 is 0 Å². The Morgan fingerprint density at radius 2 is 2.18 bits per heavy atom. The van der Waals surface area contributed by atoms with E-state index in [1.165, 1.54) is 12.1 Å². The fraction of sp³-hybridized carbons (Fsp3) is 0.375. The van der Waals surface area contributed by atoms with Crippen LogP contribution in [0.2, 0.25) is 0 Å². The zero-order valence-corrected chi connectivity index (χ0v) is 12.6. The maximum absolute atomic E-state index is 12.4. The highest BCUT2D eigenvalue weighted by atomic mass is 16.5. The number of urea groups is 1. The third-order valence-electron chi connectivity index (χ3n) is 3.31. The molecule has 2 rings (SSSR count). The van der Waals surface area contributed by atoms with Crippen LogP contribution in [0.3, 0.4) is 0 Å². The number of hydrogen-bond donors (Lipinski definition) is 3. The average molecular weight is 304 g/mol. The number of carbonyl (C=O) groups is 2. The van der Waals surface area contributed by atoms with Gasteiger partial charge >= 0.3 is 12.0 Å². The van der Waals surface area contributed by atoms with Crippen molar-refractivity contribution < 1.29 is 19.4 Å². The van der Waals surface area contributed by atoms with E-state index in [0.29, 0.717) is 12.2 Å². The molecule has 1 aliphatic heterocycles. The van der Waals surface area contributed by atoms with E-state index in [1.54, 1.807) is 12.1 Å². The van der Waals surface area contributed by atoms with Crippen molar-refractivity contribution in [3.63, 3.8) is 0 Å². The Labute approximate surface area is 129 Å². The second kappa shape index (κ2) is 6.51. The normalized spacial score (nSPS) is 21.2. The molecule has 6 heteroatoms. The number of ether oxygens (including phenoxy) is 1. The van der Waals surface area contributed by atoms with Crippen molar-refractivity contribution in [2.24, 2.45) is 11.8 Å².